The van der Waals surface area contributed by atoms with E-state index in [9.17, 15) is 9.59 Å². The van der Waals surface area contributed by atoms with E-state index >= 15 is 0 Å². The number of ketones is 1. The van der Waals surface area contributed by atoms with E-state index < -0.39 is 5.76 Å². The van der Waals surface area contributed by atoms with Crippen molar-refractivity contribution in [2.75, 3.05) is 5.73 Å². The third-order valence-electron chi connectivity index (χ3n) is 2.94. The van der Waals surface area contributed by atoms with E-state index in [4.69, 9.17) is 10.2 Å². The van der Waals surface area contributed by atoms with Gasteiger partial charge in [0.25, 0.3) is 0 Å². The van der Waals surface area contributed by atoms with Crippen molar-refractivity contribution in [3.8, 4) is 0 Å². The Morgan fingerprint density at radius 1 is 1.15 bits per heavy atom. The first-order chi connectivity index (χ1) is 9.54. The molecule has 0 radical (unpaired) electrons. The van der Waals surface area contributed by atoms with E-state index in [1.54, 1.807) is 30.3 Å². The minimum absolute atomic E-state index is 0.185. The Labute approximate surface area is 121 Å². The molecule has 0 saturated carbocycles. The Hall–Kier alpha value is -2.34. The molecule has 1 heterocycles. The highest BCUT2D eigenvalue weighted by molar-refractivity contribution is 9.10. The number of nitrogens with two attached hydrogens (primary N) is 1. The molecular weight excluding hydrogens is 324 g/mol. The number of anilines is 1. The van der Waals surface area contributed by atoms with Crippen LogP contribution in [0.4, 0.5) is 5.69 Å². The first kappa shape index (κ1) is 12.7. The zero-order chi connectivity index (χ0) is 14.3. The Morgan fingerprint density at radius 2 is 1.85 bits per heavy atom. The molecule has 0 aliphatic rings. The molecule has 0 spiro atoms. The summed E-state index contributed by atoms with van der Waals surface area (Å²) in [5.41, 5.74) is 8.07. The Morgan fingerprint density at radius 3 is 2.60 bits per heavy atom. The molecule has 0 saturated heterocycles. The van der Waals surface area contributed by atoms with E-state index in [0.717, 1.165) is 4.47 Å². The summed E-state index contributed by atoms with van der Waals surface area (Å²) in [5, 5.41) is 0. The Bertz CT molecular complexity index is 880. The number of fused-ring (bicyclic) bond motifs is 1. The van der Waals surface area contributed by atoms with Crippen molar-refractivity contribution in [1.29, 1.82) is 0 Å². The van der Waals surface area contributed by atoms with E-state index in [0.29, 0.717) is 27.9 Å². The monoisotopic (exact) mass is 332 g/mol. The molecule has 100 valence electrons. The van der Waals surface area contributed by atoms with Gasteiger partial charge in [0.1, 0.15) is 0 Å². The lowest BCUT2D eigenvalue weighted by molar-refractivity contribution is 0.103. The van der Waals surface area contributed by atoms with Crippen LogP contribution in [0.25, 0.3) is 11.1 Å². The van der Waals surface area contributed by atoms with Crippen LogP contribution in [0.2, 0.25) is 0 Å². The van der Waals surface area contributed by atoms with Crippen LogP contribution in [0.5, 0.6) is 0 Å². The number of benzene rings is 2. The summed E-state index contributed by atoms with van der Waals surface area (Å²) >= 11 is 3.28. The van der Waals surface area contributed by atoms with Gasteiger partial charge in [-0.1, -0.05) is 0 Å². The number of nitrogens with one attached hydrogen (secondary N) is 1. The normalized spacial score (nSPS) is 10.8. The minimum atomic E-state index is -0.544. The third kappa shape index (κ3) is 2.14. The van der Waals surface area contributed by atoms with Gasteiger partial charge in [-0.05, 0) is 52.3 Å². The number of rotatable bonds is 2. The summed E-state index contributed by atoms with van der Waals surface area (Å²) in [6.07, 6.45) is 0. The predicted octanol–water partition coefficient (Wildman–Crippen LogP) is 2.70. The van der Waals surface area contributed by atoms with Gasteiger partial charge < -0.3 is 10.2 Å². The summed E-state index contributed by atoms with van der Waals surface area (Å²) in [5.74, 6) is -0.729. The maximum absolute atomic E-state index is 12.4. The smallest absolute Gasteiger partial charge is 0.408 e. The number of hydrogen-bond acceptors (Lipinski definition) is 4. The standard InChI is InChI=1S/C14H9BrN2O3/c15-9-3-1-7(5-10(9)16)13(18)8-2-4-11-12(6-8)20-14(19)17-11/h1-6H,16H2,(H,17,19). The zero-order valence-electron chi connectivity index (χ0n) is 10.1. The van der Waals surface area contributed by atoms with E-state index in [1.807, 2.05) is 0 Å². The number of hydrogen-bond donors (Lipinski definition) is 2. The highest BCUT2D eigenvalue weighted by Crippen LogP contribution is 2.22. The average Bonchev–Trinajstić information content (AvgIpc) is 2.80. The second-order valence-electron chi connectivity index (χ2n) is 4.29. The van der Waals surface area contributed by atoms with Crippen LogP contribution in [-0.2, 0) is 0 Å². The molecule has 3 aromatic rings. The number of carbonyl (C=O) groups excluding carboxylic acids is 1. The van der Waals surface area contributed by atoms with Crippen molar-refractivity contribution in [2.45, 2.75) is 0 Å². The first-order valence-corrected chi connectivity index (χ1v) is 6.56. The summed E-state index contributed by atoms with van der Waals surface area (Å²) in [4.78, 5) is 26.0. The molecule has 6 heteroatoms. The molecule has 0 aliphatic carbocycles. The molecule has 0 unspecified atom stereocenters. The van der Waals surface area contributed by atoms with Crippen LogP contribution in [0.15, 0.2) is 50.1 Å². The Balaban J connectivity index is 2.07. The van der Waals surface area contributed by atoms with Gasteiger partial charge >= 0.3 is 5.76 Å². The van der Waals surface area contributed by atoms with Gasteiger partial charge in [0.15, 0.2) is 11.4 Å². The lowest BCUT2D eigenvalue weighted by Crippen LogP contribution is -2.02. The van der Waals surface area contributed by atoms with Gasteiger partial charge in [0.2, 0.25) is 0 Å². The summed E-state index contributed by atoms with van der Waals surface area (Å²) in [6.45, 7) is 0. The van der Waals surface area contributed by atoms with Gasteiger partial charge in [0.05, 0.1) is 5.52 Å². The highest BCUT2D eigenvalue weighted by Gasteiger charge is 2.12. The van der Waals surface area contributed by atoms with Crippen LogP contribution in [0.1, 0.15) is 15.9 Å². The average molecular weight is 333 g/mol. The van der Waals surface area contributed by atoms with Crippen molar-refractivity contribution >= 4 is 38.5 Å². The summed E-state index contributed by atoms with van der Waals surface area (Å²) in [6, 6.07) is 9.81. The van der Waals surface area contributed by atoms with E-state index in [2.05, 4.69) is 20.9 Å². The number of nitrogen functional groups attached to an aromatic ring is 1. The molecule has 20 heavy (non-hydrogen) atoms. The number of halogens is 1. The minimum Gasteiger partial charge on any atom is -0.408 e. The van der Waals surface area contributed by atoms with Gasteiger partial charge in [-0.25, -0.2) is 4.79 Å². The fraction of sp³-hybridized carbons (Fsp3) is 0. The van der Waals surface area contributed by atoms with Crippen LogP contribution < -0.4 is 11.5 Å². The quantitative estimate of drug-likeness (QED) is 0.557. The number of H-pyrrole nitrogens is 1. The van der Waals surface area contributed by atoms with E-state index in [1.165, 1.54) is 6.07 Å². The predicted molar refractivity (Wildman–Crippen MR) is 78.8 cm³/mol. The molecule has 0 fully saturated rings. The van der Waals surface area contributed by atoms with Crippen LogP contribution in [0.3, 0.4) is 0 Å². The first-order valence-electron chi connectivity index (χ1n) is 5.77. The van der Waals surface area contributed by atoms with Crippen LogP contribution in [0, 0.1) is 0 Å². The molecule has 3 N–H and O–H groups in total. The molecular formula is C14H9BrN2O3. The molecule has 1 aromatic heterocycles. The molecule has 0 aliphatic heterocycles. The van der Waals surface area contributed by atoms with Crippen LogP contribution >= 0.6 is 15.9 Å². The van der Waals surface area contributed by atoms with Gasteiger partial charge in [-0.15, -0.1) is 0 Å². The summed E-state index contributed by atoms with van der Waals surface area (Å²) < 4.78 is 5.68. The van der Waals surface area contributed by atoms with Gasteiger partial charge in [-0.3, -0.25) is 9.78 Å². The SMILES string of the molecule is Nc1cc(C(=O)c2ccc3[nH]c(=O)oc3c2)ccc1Br. The van der Waals surface area contributed by atoms with Crippen molar-refractivity contribution in [1.82, 2.24) is 4.98 Å². The fourth-order valence-corrected chi connectivity index (χ4v) is 2.18. The van der Waals surface area contributed by atoms with Crippen molar-refractivity contribution in [2.24, 2.45) is 0 Å². The molecule has 3 rings (SSSR count). The molecule has 5 nitrogen and oxygen atoms in total. The lowest BCUT2D eigenvalue weighted by atomic mass is 10.0. The number of aromatic amines is 1. The van der Waals surface area contributed by atoms with Gasteiger partial charge in [0, 0.05) is 21.3 Å². The van der Waals surface area contributed by atoms with Gasteiger partial charge in [-0.2, -0.15) is 0 Å². The van der Waals surface area contributed by atoms with Crippen molar-refractivity contribution < 1.29 is 9.21 Å². The van der Waals surface area contributed by atoms with Crippen molar-refractivity contribution in [3.63, 3.8) is 0 Å². The zero-order valence-corrected chi connectivity index (χ0v) is 11.7. The lowest BCUT2D eigenvalue weighted by Gasteiger charge is -2.04. The summed E-state index contributed by atoms with van der Waals surface area (Å²) in [7, 11) is 0. The molecule has 0 atom stereocenters. The largest absolute Gasteiger partial charge is 0.417 e. The maximum Gasteiger partial charge on any atom is 0.417 e. The topological polar surface area (TPSA) is 89.1 Å². The second-order valence-corrected chi connectivity index (χ2v) is 5.15. The fourth-order valence-electron chi connectivity index (χ4n) is 1.94. The molecule has 2 aromatic carbocycles. The van der Waals surface area contributed by atoms with Crippen LogP contribution in [-0.4, -0.2) is 10.8 Å². The van der Waals surface area contributed by atoms with E-state index in [-0.39, 0.29) is 5.78 Å². The molecule has 0 bridgehead atoms. The highest BCUT2D eigenvalue weighted by atomic mass is 79.9. The Kier molecular flexibility index (Phi) is 2.94. The van der Waals surface area contributed by atoms with Crippen molar-refractivity contribution in [3.05, 3.63) is 62.5 Å². The second kappa shape index (κ2) is 4.64. The maximum atomic E-state index is 12.4. The third-order valence-corrected chi connectivity index (χ3v) is 3.66. The number of oxazole rings is 1. The number of aromatic nitrogens is 1. The number of carbonyl (C=O) groups is 1. The molecule has 0 amide bonds.